The second-order valence-corrected chi connectivity index (χ2v) is 4.26. The third-order valence-electron chi connectivity index (χ3n) is 2.01. The first-order chi connectivity index (χ1) is 7.28. The lowest BCUT2D eigenvalue weighted by atomic mass is 9.94. The van der Waals surface area contributed by atoms with Crippen LogP contribution in [0.2, 0.25) is 0 Å². The van der Waals surface area contributed by atoms with Gasteiger partial charge in [0.15, 0.2) is 0 Å². The van der Waals surface area contributed by atoms with Gasteiger partial charge >= 0.3 is 6.09 Å². The van der Waals surface area contributed by atoms with Gasteiger partial charge in [0, 0.05) is 13.0 Å². The Morgan fingerprint density at radius 1 is 1.44 bits per heavy atom. The zero-order valence-corrected chi connectivity index (χ0v) is 10.2. The summed E-state index contributed by atoms with van der Waals surface area (Å²) in [5, 5.41) is 2.58. The fourth-order valence-electron chi connectivity index (χ4n) is 1.46. The normalized spacial score (nSPS) is 13.0. The van der Waals surface area contributed by atoms with E-state index >= 15 is 0 Å². The van der Waals surface area contributed by atoms with E-state index < -0.39 is 11.7 Å². The van der Waals surface area contributed by atoms with Crippen molar-refractivity contribution in [1.29, 1.82) is 0 Å². The van der Waals surface area contributed by atoms with Gasteiger partial charge in [0.25, 0.3) is 0 Å². The Morgan fingerprint density at radius 2 is 2.00 bits per heavy atom. The van der Waals surface area contributed by atoms with Crippen molar-refractivity contribution < 1.29 is 19.1 Å². The fraction of sp³-hybridized carbons (Fsp3) is 0.800. The number of carbonyl (C=O) groups excluding carboxylic acids is 2. The average Bonchev–Trinajstić information content (AvgIpc) is 2.10. The summed E-state index contributed by atoms with van der Waals surface area (Å²) in [5.41, 5.74) is 4.17. The van der Waals surface area contributed by atoms with Crippen LogP contribution in [0.5, 0.6) is 0 Å². The number of carbonyl (C=O) groups is 2. The van der Waals surface area contributed by atoms with Gasteiger partial charge in [-0.1, -0.05) is 6.92 Å². The molecule has 0 saturated heterocycles. The molecule has 0 fully saturated rings. The number of hydrogen-bond acceptors (Lipinski definition) is 4. The highest BCUT2D eigenvalue weighted by Gasteiger charge is 2.27. The fourth-order valence-corrected chi connectivity index (χ4v) is 1.46. The molecule has 6 nitrogen and oxygen atoms in total. The zero-order chi connectivity index (χ0) is 12.8. The first kappa shape index (κ1) is 14.7. The molecule has 0 aliphatic carbocycles. The largest absolute Gasteiger partial charge is 0.444 e. The molecule has 0 aliphatic heterocycles. The van der Waals surface area contributed by atoms with Crippen LogP contribution >= 0.6 is 0 Å². The Hall–Kier alpha value is -1.30. The Balaban J connectivity index is 4.15. The molecule has 0 aromatic carbocycles. The molecule has 1 unspecified atom stereocenters. The highest BCUT2D eigenvalue weighted by molar-refractivity contribution is 5.78. The Bertz CT molecular complexity index is 253. The van der Waals surface area contributed by atoms with E-state index in [2.05, 4.69) is 5.32 Å². The van der Waals surface area contributed by atoms with Gasteiger partial charge in [-0.05, 0) is 20.3 Å². The Morgan fingerprint density at radius 3 is 2.44 bits per heavy atom. The predicted molar refractivity (Wildman–Crippen MR) is 58.5 cm³/mol. The van der Waals surface area contributed by atoms with Crippen molar-refractivity contribution in [2.24, 2.45) is 11.7 Å². The maximum Gasteiger partial charge on any atom is 0.405 e. The van der Waals surface area contributed by atoms with Gasteiger partial charge in [-0.3, -0.25) is 4.79 Å². The maximum absolute atomic E-state index is 11.5. The van der Waals surface area contributed by atoms with Crippen LogP contribution in [0, 0.1) is 5.92 Å². The van der Waals surface area contributed by atoms with E-state index in [4.69, 9.17) is 15.2 Å². The van der Waals surface area contributed by atoms with Crippen LogP contribution in [0.15, 0.2) is 0 Å². The molecule has 0 bridgehead atoms. The summed E-state index contributed by atoms with van der Waals surface area (Å²) in [4.78, 5) is 22.1. The highest BCUT2D eigenvalue weighted by Crippen LogP contribution is 2.20. The predicted octanol–water partition coefficient (Wildman–Crippen LogP) is 0.607. The molecule has 0 aromatic rings. The van der Waals surface area contributed by atoms with Crippen molar-refractivity contribution in [2.75, 3.05) is 13.8 Å². The monoisotopic (exact) mass is 232 g/mol. The molecule has 0 aliphatic rings. The molecule has 0 saturated carbocycles. The van der Waals surface area contributed by atoms with Crippen LogP contribution in [0.3, 0.4) is 0 Å². The second-order valence-electron chi connectivity index (χ2n) is 4.26. The van der Waals surface area contributed by atoms with Crippen molar-refractivity contribution >= 4 is 12.0 Å². The van der Waals surface area contributed by atoms with E-state index in [9.17, 15) is 9.59 Å². The summed E-state index contributed by atoms with van der Waals surface area (Å²) in [6.07, 6.45) is -0.444. The SMILES string of the molecule is COCNC(=O)C(C)CC(C)(C)OC(N)=O. The summed E-state index contributed by atoms with van der Waals surface area (Å²) in [7, 11) is 1.49. The minimum absolute atomic E-state index is 0.150. The lowest BCUT2D eigenvalue weighted by Gasteiger charge is -2.26. The summed E-state index contributed by atoms with van der Waals surface area (Å²) in [6.45, 7) is 5.33. The number of primary amides is 1. The van der Waals surface area contributed by atoms with Gasteiger partial charge in [-0.2, -0.15) is 0 Å². The molecule has 0 radical (unpaired) electrons. The molecule has 16 heavy (non-hydrogen) atoms. The Kier molecular flexibility index (Phi) is 5.81. The number of rotatable bonds is 6. The highest BCUT2D eigenvalue weighted by atomic mass is 16.6. The van der Waals surface area contributed by atoms with Crippen molar-refractivity contribution in [3.05, 3.63) is 0 Å². The molecule has 6 heteroatoms. The van der Waals surface area contributed by atoms with Crippen LogP contribution in [0.1, 0.15) is 27.2 Å². The van der Waals surface area contributed by atoms with Gasteiger partial charge in [0.05, 0.1) is 0 Å². The van der Waals surface area contributed by atoms with Crippen LogP contribution in [-0.4, -0.2) is 31.4 Å². The van der Waals surface area contributed by atoms with Gasteiger partial charge < -0.3 is 20.5 Å². The molecule has 2 amide bonds. The van der Waals surface area contributed by atoms with E-state index in [0.29, 0.717) is 6.42 Å². The summed E-state index contributed by atoms with van der Waals surface area (Å²) >= 11 is 0. The van der Waals surface area contributed by atoms with E-state index in [0.717, 1.165) is 0 Å². The van der Waals surface area contributed by atoms with Crippen molar-refractivity contribution in [3.63, 3.8) is 0 Å². The van der Waals surface area contributed by atoms with Gasteiger partial charge in [0.1, 0.15) is 12.3 Å². The average molecular weight is 232 g/mol. The molecule has 1 atom stereocenters. The minimum atomic E-state index is -0.838. The van der Waals surface area contributed by atoms with Crippen molar-refractivity contribution in [3.8, 4) is 0 Å². The topological polar surface area (TPSA) is 90.7 Å². The quantitative estimate of drug-likeness (QED) is 0.656. The number of methoxy groups -OCH3 is 1. The molecule has 0 rings (SSSR count). The number of nitrogens with two attached hydrogens (primary N) is 1. The van der Waals surface area contributed by atoms with Crippen LogP contribution < -0.4 is 11.1 Å². The van der Waals surface area contributed by atoms with Crippen molar-refractivity contribution in [2.45, 2.75) is 32.8 Å². The summed E-state index contributed by atoms with van der Waals surface area (Å²) < 4.78 is 9.61. The number of hydrogen-bond donors (Lipinski definition) is 2. The van der Waals surface area contributed by atoms with E-state index in [-0.39, 0.29) is 18.6 Å². The minimum Gasteiger partial charge on any atom is -0.444 e. The second kappa shape index (κ2) is 6.32. The van der Waals surface area contributed by atoms with Crippen LogP contribution in [-0.2, 0) is 14.3 Å². The number of nitrogens with one attached hydrogen (secondary N) is 1. The zero-order valence-electron chi connectivity index (χ0n) is 10.2. The molecular formula is C10H20N2O4. The first-order valence-corrected chi connectivity index (χ1v) is 5.03. The van der Waals surface area contributed by atoms with Gasteiger partial charge in [-0.25, -0.2) is 4.79 Å². The maximum atomic E-state index is 11.5. The standard InChI is InChI=1S/C10H20N2O4/c1-7(8(13)12-6-15-4)5-10(2,3)16-9(11)14/h7H,5-6H2,1-4H3,(H2,11,14)(H,12,13). The molecule has 0 heterocycles. The number of amides is 2. The van der Waals surface area contributed by atoms with Crippen LogP contribution in [0.25, 0.3) is 0 Å². The molecule has 0 spiro atoms. The van der Waals surface area contributed by atoms with Crippen molar-refractivity contribution in [1.82, 2.24) is 5.32 Å². The van der Waals surface area contributed by atoms with E-state index in [1.165, 1.54) is 7.11 Å². The Labute approximate surface area is 95.5 Å². The van der Waals surface area contributed by atoms with E-state index in [1.54, 1.807) is 20.8 Å². The van der Waals surface area contributed by atoms with E-state index in [1.807, 2.05) is 0 Å². The molecule has 3 N–H and O–H groups in total. The lowest BCUT2D eigenvalue weighted by Crippen LogP contribution is -2.38. The summed E-state index contributed by atoms with van der Waals surface area (Å²) in [5.74, 6) is -0.438. The van der Waals surface area contributed by atoms with Gasteiger partial charge in [0.2, 0.25) is 5.91 Å². The van der Waals surface area contributed by atoms with Gasteiger partial charge in [-0.15, -0.1) is 0 Å². The first-order valence-electron chi connectivity index (χ1n) is 5.03. The lowest BCUT2D eigenvalue weighted by molar-refractivity contribution is -0.127. The van der Waals surface area contributed by atoms with Crippen LogP contribution in [0.4, 0.5) is 4.79 Å². The smallest absolute Gasteiger partial charge is 0.405 e. The molecule has 0 aromatic heterocycles. The summed E-state index contributed by atoms with van der Waals surface area (Å²) in [6, 6.07) is 0. The molecule has 94 valence electrons. The number of ether oxygens (including phenoxy) is 2. The molecular weight excluding hydrogens is 212 g/mol. The third-order valence-corrected chi connectivity index (χ3v) is 2.01. The third kappa shape index (κ3) is 6.23.